The lowest BCUT2D eigenvalue weighted by molar-refractivity contribution is 0.0114. The summed E-state index contributed by atoms with van der Waals surface area (Å²) < 4.78 is 0. The summed E-state index contributed by atoms with van der Waals surface area (Å²) in [5, 5.41) is 22.3. The molecule has 7 nitrogen and oxygen atoms in total. The maximum atomic E-state index is 9.75. The second kappa shape index (κ2) is 5.59. The number of aliphatic hydroxyl groups excluding tert-OH is 2. The van der Waals surface area contributed by atoms with Gasteiger partial charge in [0.2, 0.25) is 0 Å². The Bertz CT molecular complexity index is 347. The maximum absolute atomic E-state index is 9.75. The smallest absolute Gasteiger partial charge is 0.166 e. The van der Waals surface area contributed by atoms with E-state index in [4.69, 9.17) is 11.5 Å². The standard InChI is InChI=1S/C9H17N5O2/c1-12-3-2-6(15)7(16)5-4-13-8(10)9(11)14-5/h4,6-7,12,15-16H,2-3H2,1H3,(H2,10,13)(H2,11,14). The first-order valence-corrected chi connectivity index (χ1v) is 4.95. The molecular weight excluding hydrogens is 210 g/mol. The van der Waals surface area contributed by atoms with Crippen molar-refractivity contribution in [2.75, 3.05) is 25.1 Å². The summed E-state index contributed by atoms with van der Waals surface area (Å²) in [5.41, 5.74) is 11.1. The molecule has 0 spiro atoms. The molecule has 0 amide bonds. The molecule has 2 atom stereocenters. The van der Waals surface area contributed by atoms with E-state index in [9.17, 15) is 10.2 Å². The van der Waals surface area contributed by atoms with Crippen LogP contribution in [-0.2, 0) is 0 Å². The fraction of sp³-hybridized carbons (Fsp3) is 0.556. The molecule has 7 N–H and O–H groups in total. The molecule has 0 aliphatic heterocycles. The highest BCUT2D eigenvalue weighted by atomic mass is 16.3. The van der Waals surface area contributed by atoms with E-state index in [1.165, 1.54) is 6.20 Å². The summed E-state index contributed by atoms with van der Waals surface area (Å²) >= 11 is 0. The molecular formula is C9H17N5O2. The van der Waals surface area contributed by atoms with Gasteiger partial charge in [0.05, 0.1) is 18.0 Å². The van der Waals surface area contributed by atoms with E-state index in [0.29, 0.717) is 13.0 Å². The Balaban J connectivity index is 2.71. The number of rotatable bonds is 5. The van der Waals surface area contributed by atoms with E-state index in [2.05, 4.69) is 15.3 Å². The second-order valence-corrected chi connectivity index (χ2v) is 3.47. The van der Waals surface area contributed by atoms with Crippen LogP contribution >= 0.6 is 0 Å². The van der Waals surface area contributed by atoms with Crippen molar-refractivity contribution in [2.24, 2.45) is 0 Å². The van der Waals surface area contributed by atoms with Crippen LogP contribution in [-0.4, -0.2) is 39.9 Å². The van der Waals surface area contributed by atoms with Gasteiger partial charge < -0.3 is 27.0 Å². The van der Waals surface area contributed by atoms with Crippen LogP contribution < -0.4 is 16.8 Å². The van der Waals surface area contributed by atoms with Crippen LogP contribution in [0.4, 0.5) is 11.6 Å². The average Bonchev–Trinajstić information content (AvgIpc) is 2.28. The van der Waals surface area contributed by atoms with Gasteiger partial charge >= 0.3 is 0 Å². The van der Waals surface area contributed by atoms with E-state index >= 15 is 0 Å². The number of nitrogen functional groups attached to an aromatic ring is 2. The van der Waals surface area contributed by atoms with Crippen LogP contribution in [0.2, 0.25) is 0 Å². The number of anilines is 2. The fourth-order valence-electron chi connectivity index (χ4n) is 1.22. The fourth-order valence-corrected chi connectivity index (χ4v) is 1.22. The Labute approximate surface area is 93.5 Å². The number of hydrogen-bond donors (Lipinski definition) is 5. The minimum absolute atomic E-state index is 0.0531. The van der Waals surface area contributed by atoms with Gasteiger partial charge in [-0.1, -0.05) is 0 Å². The molecule has 1 aromatic rings. The number of nitrogens with two attached hydrogens (primary N) is 2. The van der Waals surface area contributed by atoms with Gasteiger partial charge in [-0.05, 0) is 20.0 Å². The monoisotopic (exact) mass is 227 g/mol. The van der Waals surface area contributed by atoms with Gasteiger partial charge in [0, 0.05) is 0 Å². The van der Waals surface area contributed by atoms with Crippen LogP contribution in [0.25, 0.3) is 0 Å². The Morgan fingerprint density at radius 3 is 2.62 bits per heavy atom. The van der Waals surface area contributed by atoms with Crippen molar-refractivity contribution >= 4 is 11.6 Å². The highest BCUT2D eigenvalue weighted by Gasteiger charge is 2.20. The van der Waals surface area contributed by atoms with Crippen LogP contribution in [0.15, 0.2) is 6.20 Å². The lowest BCUT2D eigenvalue weighted by Gasteiger charge is -2.17. The number of nitrogens with one attached hydrogen (secondary N) is 1. The molecule has 0 radical (unpaired) electrons. The first-order valence-electron chi connectivity index (χ1n) is 4.95. The minimum Gasteiger partial charge on any atom is -0.390 e. The van der Waals surface area contributed by atoms with E-state index in [-0.39, 0.29) is 17.3 Å². The Hall–Kier alpha value is -1.44. The summed E-state index contributed by atoms with van der Waals surface area (Å²) in [6.07, 6.45) is -0.309. The van der Waals surface area contributed by atoms with Crippen molar-refractivity contribution in [1.82, 2.24) is 15.3 Å². The highest BCUT2D eigenvalue weighted by molar-refractivity contribution is 5.51. The zero-order chi connectivity index (χ0) is 12.1. The zero-order valence-corrected chi connectivity index (χ0v) is 9.09. The predicted octanol–water partition coefficient (Wildman–Crippen LogP) is -1.36. The van der Waals surface area contributed by atoms with Gasteiger partial charge in [-0.15, -0.1) is 0 Å². The molecule has 1 rings (SSSR count). The van der Waals surface area contributed by atoms with Crippen molar-refractivity contribution < 1.29 is 10.2 Å². The minimum atomic E-state index is -1.11. The van der Waals surface area contributed by atoms with Crippen molar-refractivity contribution in [2.45, 2.75) is 18.6 Å². The van der Waals surface area contributed by atoms with Gasteiger partial charge in [-0.25, -0.2) is 9.97 Å². The van der Waals surface area contributed by atoms with Crippen LogP contribution in [0, 0.1) is 0 Å². The number of nitrogens with zero attached hydrogens (tertiary/aromatic N) is 2. The average molecular weight is 227 g/mol. The first-order chi connectivity index (χ1) is 7.56. The molecule has 0 aliphatic rings. The van der Waals surface area contributed by atoms with Crippen LogP contribution in [0.5, 0.6) is 0 Å². The van der Waals surface area contributed by atoms with Crippen molar-refractivity contribution in [3.63, 3.8) is 0 Å². The Kier molecular flexibility index (Phi) is 4.41. The predicted molar refractivity (Wildman–Crippen MR) is 60.4 cm³/mol. The molecule has 16 heavy (non-hydrogen) atoms. The Morgan fingerprint density at radius 2 is 2.06 bits per heavy atom. The van der Waals surface area contributed by atoms with Crippen molar-refractivity contribution in [3.8, 4) is 0 Å². The summed E-state index contributed by atoms with van der Waals surface area (Å²) in [6, 6.07) is 0. The number of aromatic nitrogens is 2. The summed E-state index contributed by atoms with van der Waals surface area (Å²) in [5.74, 6) is 0.165. The SMILES string of the molecule is CNCCC(O)C(O)c1cnc(N)c(N)n1. The molecule has 1 heterocycles. The molecule has 0 aromatic carbocycles. The van der Waals surface area contributed by atoms with Crippen molar-refractivity contribution in [3.05, 3.63) is 11.9 Å². The maximum Gasteiger partial charge on any atom is 0.166 e. The lowest BCUT2D eigenvalue weighted by atomic mass is 10.1. The first kappa shape index (κ1) is 12.6. The zero-order valence-electron chi connectivity index (χ0n) is 9.09. The highest BCUT2D eigenvalue weighted by Crippen LogP contribution is 2.18. The van der Waals surface area contributed by atoms with Gasteiger partial charge in [0.15, 0.2) is 11.6 Å². The van der Waals surface area contributed by atoms with E-state index in [1.54, 1.807) is 7.05 Å². The van der Waals surface area contributed by atoms with E-state index < -0.39 is 12.2 Å². The van der Waals surface area contributed by atoms with Gasteiger partial charge in [0.1, 0.15) is 6.10 Å². The third-order valence-electron chi connectivity index (χ3n) is 2.21. The summed E-state index contributed by atoms with van der Waals surface area (Å²) in [7, 11) is 1.76. The molecule has 2 unspecified atom stereocenters. The van der Waals surface area contributed by atoms with Crippen LogP contribution in [0.3, 0.4) is 0 Å². The van der Waals surface area contributed by atoms with Gasteiger partial charge in [-0.3, -0.25) is 0 Å². The van der Waals surface area contributed by atoms with Crippen LogP contribution in [0.1, 0.15) is 18.2 Å². The number of aliphatic hydroxyl groups is 2. The Morgan fingerprint density at radius 1 is 1.38 bits per heavy atom. The van der Waals surface area contributed by atoms with Gasteiger partial charge in [0.25, 0.3) is 0 Å². The molecule has 0 saturated heterocycles. The number of hydrogen-bond acceptors (Lipinski definition) is 7. The topological polar surface area (TPSA) is 130 Å². The molecule has 7 heteroatoms. The molecule has 0 saturated carbocycles. The molecule has 0 aliphatic carbocycles. The molecule has 1 aromatic heterocycles. The quantitative estimate of drug-likeness (QED) is 0.420. The molecule has 0 bridgehead atoms. The summed E-state index contributed by atoms with van der Waals surface area (Å²) in [4.78, 5) is 7.63. The largest absolute Gasteiger partial charge is 0.390 e. The van der Waals surface area contributed by atoms with E-state index in [1.807, 2.05) is 0 Å². The third-order valence-corrected chi connectivity index (χ3v) is 2.21. The van der Waals surface area contributed by atoms with Gasteiger partial charge in [-0.2, -0.15) is 0 Å². The second-order valence-electron chi connectivity index (χ2n) is 3.47. The lowest BCUT2D eigenvalue weighted by Crippen LogP contribution is -2.24. The van der Waals surface area contributed by atoms with Crippen molar-refractivity contribution in [1.29, 1.82) is 0 Å². The molecule has 90 valence electrons. The summed E-state index contributed by atoms with van der Waals surface area (Å²) in [6.45, 7) is 0.593. The van der Waals surface area contributed by atoms with E-state index in [0.717, 1.165) is 0 Å². The molecule has 0 fully saturated rings. The normalized spacial score (nSPS) is 14.7. The third kappa shape index (κ3) is 3.02.